The van der Waals surface area contributed by atoms with Crippen molar-refractivity contribution in [2.45, 2.75) is 38.8 Å². The van der Waals surface area contributed by atoms with Crippen molar-refractivity contribution in [3.63, 3.8) is 0 Å². The number of hydrogen-bond donors (Lipinski definition) is 1. The van der Waals surface area contributed by atoms with Crippen molar-refractivity contribution in [3.8, 4) is 5.75 Å². The minimum atomic E-state index is -0.0230. The fraction of sp³-hybridized carbons (Fsp3) is 0.500. The van der Waals surface area contributed by atoms with Gasteiger partial charge in [0.15, 0.2) is 0 Å². The van der Waals surface area contributed by atoms with E-state index in [9.17, 15) is 9.59 Å². The zero-order valence-electron chi connectivity index (χ0n) is 15.9. The average Bonchev–Trinajstić information content (AvgIpc) is 3.31. The second-order valence-corrected chi connectivity index (χ2v) is 7.70. The van der Waals surface area contributed by atoms with Gasteiger partial charge >= 0.3 is 4.87 Å². The van der Waals surface area contributed by atoms with Crippen LogP contribution < -0.4 is 14.9 Å². The number of aromatic nitrogens is 1. The number of aryl methyl sites for hydroxylation is 1. The van der Waals surface area contributed by atoms with E-state index in [0.717, 1.165) is 24.5 Å². The fourth-order valence-corrected chi connectivity index (χ4v) is 4.29. The summed E-state index contributed by atoms with van der Waals surface area (Å²) in [5, 5.41) is 4.89. The zero-order chi connectivity index (χ0) is 19.2. The van der Waals surface area contributed by atoms with E-state index in [2.05, 4.69) is 22.3 Å². The highest BCUT2D eigenvalue weighted by atomic mass is 32.1. The van der Waals surface area contributed by atoms with Gasteiger partial charge in [0, 0.05) is 30.6 Å². The molecule has 1 aromatic carbocycles. The first-order chi connectivity index (χ1) is 13.1. The molecule has 1 fully saturated rings. The number of benzene rings is 1. The van der Waals surface area contributed by atoms with Crippen LogP contribution in [0.3, 0.4) is 0 Å². The topological polar surface area (TPSA) is 63.6 Å². The van der Waals surface area contributed by atoms with Crippen molar-refractivity contribution in [3.05, 3.63) is 50.6 Å². The standard InChI is InChI=1S/C20H27N3O3S/c1-15-14-27-20(25)23(15)12-9-19(24)21-13-18(22-10-3-4-11-22)16-5-7-17(26-2)8-6-16/h5-8,14,18H,3-4,9-13H2,1-2H3,(H,21,24). The minimum absolute atomic E-state index is 0.00604. The highest BCUT2D eigenvalue weighted by Crippen LogP contribution is 2.26. The van der Waals surface area contributed by atoms with Gasteiger partial charge in [0.25, 0.3) is 0 Å². The summed E-state index contributed by atoms with van der Waals surface area (Å²) in [5.41, 5.74) is 2.09. The van der Waals surface area contributed by atoms with Gasteiger partial charge in [-0.3, -0.25) is 14.5 Å². The first-order valence-corrected chi connectivity index (χ1v) is 10.3. The molecule has 0 aliphatic carbocycles. The van der Waals surface area contributed by atoms with Gasteiger partial charge in [-0.05, 0) is 50.6 Å². The first-order valence-electron chi connectivity index (χ1n) is 9.38. The molecule has 1 atom stereocenters. The number of nitrogens with one attached hydrogen (secondary N) is 1. The Morgan fingerprint density at radius 2 is 1.96 bits per heavy atom. The summed E-state index contributed by atoms with van der Waals surface area (Å²) in [6, 6.07) is 8.23. The maximum atomic E-state index is 12.4. The summed E-state index contributed by atoms with van der Waals surface area (Å²) in [6.45, 7) is 4.99. The summed E-state index contributed by atoms with van der Waals surface area (Å²) in [4.78, 5) is 26.5. The van der Waals surface area contributed by atoms with E-state index in [1.54, 1.807) is 11.7 Å². The summed E-state index contributed by atoms with van der Waals surface area (Å²) >= 11 is 1.18. The van der Waals surface area contributed by atoms with Crippen LogP contribution in [0.1, 0.15) is 36.6 Å². The number of thiazole rings is 1. The maximum absolute atomic E-state index is 12.4. The van der Waals surface area contributed by atoms with Crippen LogP contribution in [0.25, 0.3) is 0 Å². The number of carbonyl (C=O) groups is 1. The van der Waals surface area contributed by atoms with Gasteiger partial charge < -0.3 is 14.6 Å². The van der Waals surface area contributed by atoms with Crippen LogP contribution in [-0.2, 0) is 11.3 Å². The van der Waals surface area contributed by atoms with Gasteiger partial charge in [-0.15, -0.1) is 0 Å². The molecule has 1 saturated heterocycles. The Kier molecular flexibility index (Phi) is 6.68. The van der Waals surface area contributed by atoms with Crippen LogP contribution >= 0.6 is 11.3 Å². The van der Waals surface area contributed by atoms with Gasteiger partial charge in [-0.25, -0.2) is 0 Å². The Balaban J connectivity index is 1.60. The number of hydrogen-bond acceptors (Lipinski definition) is 5. The van der Waals surface area contributed by atoms with E-state index >= 15 is 0 Å². The Morgan fingerprint density at radius 1 is 1.26 bits per heavy atom. The molecule has 1 unspecified atom stereocenters. The Bertz CT molecular complexity index is 807. The lowest BCUT2D eigenvalue weighted by Gasteiger charge is -2.28. The molecule has 1 aliphatic heterocycles. The number of amides is 1. The monoisotopic (exact) mass is 389 g/mol. The summed E-state index contributed by atoms with van der Waals surface area (Å²) in [6.07, 6.45) is 2.70. The van der Waals surface area contributed by atoms with E-state index in [1.165, 1.54) is 29.7 Å². The highest BCUT2D eigenvalue weighted by Gasteiger charge is 2.24. The van der Waals surface area contributed by atoms with Crippen LogP contribution in [-0.4, -0.2) is 42.1 Å². The fourth-order valence-electron chi connectivity index (χ4n) is 3.52. The molecule has 1 aliphatic rings. The molecular formula is C20H27N3O3S. The number of methoxy groups -OCH3 is 1. The third kappa shape index (κ3) is 4.99. The molecular weight excluding hydrogens is 362 g/mol. The highest BCUT2D eigenvalue weighted by molar-refractivity contribution is 7.07. The quantitative estimate of drug-likeness (QED) is 0.754. The van der Waals surface area contributed by atoms with Crippen LogP contribution in [0.4, 0.5) is 0 Å². The molecule has 0 spiro atoms. The second kappa shape index (κ2) is 9.19. The molecule has 3 rings (SSSR count). The predicted octanol–water partition coefficient (Wildman–Crippen LogP) is 2.57. The van der Waals surface area contributed by atoms with Crippen LogP contribution in [0, 0.1) is 6.92 Å². The maximum Gasteiger partial charge on any atom is 0.307 e. The van der Waals surface area contributed by atoms with Crippen molar-refractivity contribution >= 4 is 17.2 Å². The van der Waals surface area contributed by atoms with E-state index in [4.69, 9.17) is 4.74 Å². The number of nitrogens with zero attached hydrogens (tertiary/aromatic N) is 2. The summed E-state index contributed by atoms with van der Waals surface area (Å²) in [5.74, 6) is 0.810. The van der Waals surface area contributed by atoms with E-state index in [-0.39, 0.29) is 16.8 Å². The molecule has 7 heteroatoms. The third-order valence-electron chi connectivity index (χ3n) is 5.11. The lowest BCUT2D eigenvalue weighted by atomic mass is 10.1. The second-order valence-electron chi connectivity index (χ2n) is 6.88. The largest absolute Gasteiger partial charge is 0.497 e. The molecule has 0 radical (unpaired) electrons. The van der Waals surface area contributed by atoms with E-state index in [0.29, 0.717) is 19.5 Å². The number of ether oxygens (including phenoxy) is 1. The van der Waals surface area contributed by atoms with Crippen LogP contribution in [0.15, 0.2) is 34.4 Å². The number of rotatable bonds is 8. The molecule has 2 heterocycles. The lowest BCUT2D eigenvalue weighted by molar-refractivity contribution is -0.121. The van der Waals surface area contributed by atoms with Crippen LogP contribution in [0.2, 0.25) is 0 Å². The lowest BCUT2D eigenvalue weighted by Crippen LogP contribution is -2.37. The van der Waals surface area contributed by atoms with Crippen molar-refractivity contribution in [1.29, 1.82) is 0 Å². The molecule has 2 aromatic rings. The molecule has 1 aromatic heterocycles. The molecule has 6 nitrogen and oxygen atoms in total. The van der Waals surface area contributed by atoms with Crippen molar-refractivity contribution in [2.75, 3.05) is 26.7 Å². The molecule has 1 amide bonds. The summed E-state index contributed by atoms with van der Waals surface area (Å²) in [7, 11) is 1.66. The normalized spacial score (nSPS) is 15.6. The van der Waals surface area contributed by atoms with Crippen molar-refractivity contribution in [1.82, 2.24) is 14.8 Å². The average molecular weight is 390 g/mol. The number of carbonyl (C=O) groups excluding carboxylic acids is 1. The Morgan fingerprint density at radius 3 is 2.56 bits per heavy atom. The first kappa shape index (κ1) is 19.6. The smallest absolute Gasteiger partial charge is 0.307 e. The van der Waals surface area contributed by atoms with Crippen molar-refractivity contribution < 1.29 is 9.53 Å². The van der Waals surface area contributed by atoms with Gasteiger partial charge in [-0.1, -0.05) is 23.5 Å². The third-order valence-corrected chi connectivity index (χ3v) is 5.99. The minimum Gasteiger partial charge on any atom is -0.497 e. The Hall–Kier alpha value is -2.12. The van der Waals surface area contributed by atoms with Crippen LogP contribution in [0.5, 0.6) is 5.75 Å². The SMILES string of the molecule is COc1ccc(C(CNC(=O)CCn2c(C)csc2=O)N2CCCC2)cc1. The molecule has 27 heavy (non-hydrogen) atoms. The van der Waals surface area contributed by atoms with E-state index < -0.39 is 0 Å². The van der Waals surface area contributed by atoms with Gasteiger partial charge in [0.1, 0.15) is 5.75 Å². The molecule has 0 saturated carbocycles. The van der Waals surface area contributed by atoms with Crippen molar-refractivity contribution in [2.24, 2.45) is 0 Å². The molecule has 146 valence electrons. The zero-order valence-corrected chi connectivity index (χ0v) is 16.8. The Labute approximate surface area is 163 Å². The van der Waals surface area contributed by atoms with Gasteiger partial charge in [0.05, 0.1) is 13.2 Å². The van der Waals surface area contributed by atoms with Gasteiger partial charge in [-0.2, -0.15) is 0 Å². The van der Waals surface area contributed by atoms with Gasteiger partial charge in [0.2, 0.25) is 5.91 Å². The molecule has 0 bridgehead atoms. The number of likely N-dealkylation sites (tertiary alicyclic amines) is 1. The summed E-state index contributed by atoms with van der Waals surface area (Å²) < 4.78 is 6.91. The van der Waals surface area contributed by atoms with E-state index in [1.807, 2.05) is 24.4 Å². The predicted molar refractivity (Wildman–Crippen MR) is 107 cm³/mol. The molecule has 1 N–H and O–H groups in total.